The number of rotatable bonds is 7. The van der Waals surface area contributed by atoms with E-state index in [9.17, 15) is 14.4 Å². The maximum atomic E-state index is 12.2. The molecule has 0 saturated heterocycles. The fourth-order valence-electron chi connectivity index (χ4n) is 2.19. The van der Waals surface area contributed by atoms with E-state index in [2.05, 4.69) is 10.6 Å². The number of hydrogen-bond acceptors (Lipinski definition) is 3. The predicted molar refractivity (Wildman–Crippen MR) is 107 cm³/mol. The van der Waals surface area contributed by atoms with Gasteiger partial charge in [-0.05, 0) is 30.3 Å². The number of para-hydroxylation sites is 1. The number of anilines is 1. The van der Waals surface area contributed by atoms with Crippen molar-refractivity contribution >= 4 is 52.7 Å². The Morgan fingerprint density at radius 1 is 1.00 bits per heavy atom. The normalized spacial score (nSPS) is 10.6. The smallest absolute Gasteiger partial charge is 0.253 e. The second-order valence-electron chi connectivity index (χ2n) is 5.48. The molecule has 4 N–H and O–H groups in total. The largest absolute Gasteiger partial charge is 0.370 e. The fourth-order valence-corrected chi connectivity index (χ4v) is 2.71. The highest BCUT2D eigenvalue weighted by molar-refractivity contribution is 6.37. The van der Waals surface area contributed by atoms with Crippen LogP contribution in [-0.4, -0.2) is 24.3 Å². The second kappa shape index (κ2) is 9.75. The van der Waals surface area contributed by atoms with Crippen LogP contribution in [-0.2, 0) is 9.59 Å². The summed E-state index contributed by atoms with van der Waals surface area (Å²) >= 11 is 12.1. The van der Waals surface area contributed by atoms with Gasteiger partial charge < -0.3 is 16.4 Å². The summed E-state index contributed by atoms with van der Waals surface area (Å²) in [7, 11) is 0. The van der Waals surface area contributed by atoms with Crippen molar-refractivity contribution in [3.63, 3.8) is 0 Å². The molecule has 0 bridgehead atoms. The zero-order valence-corrected chi connectivity index (χ0v) is 15.7. The van der Waals surface area contributed by atoms with E-state index in [1.54, 1.807) is 42.5 Å². The van der Waals surface area contributed by atoms with Gasteiger partial charge in [0.15, 0.2) is 0 Å². The number of amides is 3. The first-order valence-corrected chi connectivity index (χ1v) is 8.72. The van der Waals surface area contributed by atoms with Gasteiger partial charge >= 0.3 is 0 Å². The Hall–Kier alpha value is -2.83. The highest BCUT2D eigenvalue weighted by Gasteiger charge is 2.12. The molecule has 0 aliphatic rings. The Morgan fingerprint density at radius 2 is 1.67 bits per heavy atom. The highest BCUT2D eigenvalue weighted by atomic mass is 35.5. The Kier molecular flexibility index (Phi) is 7.40. The number of hydrogen-bond donors (Lipinski definition) is 3. The molecule has 140 valence electrons. The van der Waals surface area contributed by atoms with E-state index in [0.717, 1.165) is 0 Å². The topological polar surface area (TPSA) is 101 Å². The van der Waals surface area contributed by atoms with Gasteiger partial charge in [0.1, 0.15) is 0 Å². The van der Waals surface area contributed by atoms with Crippen molar-refractivity contribution in [2.45, 2.75) is 6.42 Å². The first-order chi connectivity index (χ1) is 12.9. The number of nitrogens with two attached hydrogens (primary N) is 1. The number of carbonyl (C=O) groups is 3. The van der Waals surface area contributed by atoms with E-state index in [0.29, 0.717) is 21.3 Å². The average molecular weight is 406 g/mol. The molecule has 6 nitrogen and oxygen atoms in total. The first kappa shape index (κ1) is 20.5. The van der Waals surface area contributed by atoms with E-state index < -0.39 is 17.7 Å². The van der Waals surface area contributed by atoms with Crippen LogP contribution < -0.4 is 16.4 Å². The van der Waals surface area contributed by atoms with Gasteiger partial charge in [0, 0.05) is 34.7 Å². The SMILES string of the molecule is NC(=O)CCNC(=O)c1ccccc1NC(=O)/C=C/c1c(Cl)cccc1Cl. The van der Waals surface area contributed by atoms with Crippen molar-refractivity contribution < 1.29 is 14.4 Å². The number of carbonyl (C=O) groups excluding carboxylic acids is 3. The molecule has 8 heteroatoms. The molecule has 2 aromatic carbocycles. The van der Waals surface area contributed by atoms with Crippen LogP contribution in [0.25, 0.3) is 6.08 Å². The maximum absolute atomic E-state index is 12.2. The van der Waals surface area contributed by atoms with Crippen LogP contribution in [0.15, 0.2) is 48.5 Å². The first-order valence-electron chi connectivity index (χ1n) is 7.97. The minimum Gasteiger partial charge on any atom is -0.370 e. The van der Waals surface area contributed by atoms with Crippen molar-refractivity contribution in [2.75, 3.05) is 11.9 Å². The van der Waals surface area contributed by atoms with Crippen LogP contribution in [0.1, 0.15) is 22.3 Å². The van der Waals surface area contributed by atoms with Gasteiger partial charge in [0.05, 0.1) is 11.3 Å². The van der Waals surface area contributed by atoms with E-state index in [-0.39, 0.29) is 18.5 Å². The number of benzene rings is 2. The molecule has 27 heavy (non-hydrogen) atoms. The molecule has 0 aliphatic carbocycles. The van der Waals surface area contributed by atoms with Crippen LogP contribution in [0.2, 0.25) is 10.0 Å². The summed E-state index contributed by atoms with van der Waals surface area (Å²) in [6.07, 6.45) is 2.80. The van der Waals surface area contributed by atoms with Crippen LogP contribution in [0.5, 0.6) is 0 Å². The number of halogens is 2. The van der Waals surface area contributed by atoms with Crippen molar-refractivity contribution in [2.24, 2.45) is 5.73 Å². The molecule has 0 aromatic heterocycles. The number of nitrogens with one attached hydrogen (secondary N) is 2. The molecule has 3 amide bonds. The lowest BCUT2D eigenvalue weighted by Crippen LogP contribution is -2.28. The van der Waals surface area contributed by atoms with Crippen molar-refractivity contribution in [1.29, 1.82) is 0 Å². The molecular weight excluding hydrogens is 389 g/mol. The van der Waals surface area contributed by atoms with E-state index in [1.807, 2.05) is 0 Å². The lowest BCUT2D eigenvalue weighted by atomic mass is 10.1. The zero-order valence-electron chi connectivity index (χ0n) is 14.2. The Bertz CT molecular complexity index is 877. The average Bonchev–Trinajstić information content (AvgIpc) is 2.61. The molecule has 0 aliphatic heterocycles. The summed E-state index contributed by atoms with van der Waals surface area (Å²) in [5, 5.41) is 6.04. The summed E-state index contributed by atoms with van der Waals surface area (Å²) < 4.78 is 0. The summed E-state index contributed by atoms with van der Waals surface area (Å²) in [4.78, 5) is 35.2. The van der Waals surface area contributed by atoms with Gasteiger partial charge in [-0.15, -0.1) is 0 Å². The second-order valence-corrected chi connectivity index (χ2v) is 6.29. The molecular formula is C19H17Cl2N3O3. The molecule has 2 aromatic rings. The van der Waals surface area contributed by atoms with E-state index in [1.165, 1.54) is 12.2 Å². The third-order valence-electron chi connectivity index (χ3n) is 3.49. The summed E-state index contributed by atoms with van der Waals surface area (Å²) in [5.74, 6) is -1.39. The fraction of sp³-hybridized carbons (Fsp3) is 0.105. The predicted octanol–water partition coefficient (Wildman–Crippen LogP) is 3.25. The summed E-state index contributed by atoms with van der Waals surface area (Å²) in [6, 6.07) is 11.5. The van der Waals surface area contributed by atoms with Crippen LogP contribution in [0.3, 0.4) is 0 Å². The van der Waals surface area contributed by atoms with Gasteiger partial charge in [-0.3, -0.25) is 14.4 Å². The van der Waals surface area contributed by atoms with Crippen molar-refractivity contribution in [3.8, 4) is 0 Å². The zero-order chi connectivity index (χ0) is 19.8. The third-order valence-corrected chi connectivity index (χ3v) is 4.15. The van der Waals surface area contributed by atoms with Gasteiger partial charge in [0.25, 0.3) is 5.91 Å². The van der Waals surface area contributed by atoms with E-state index >= 15 is 0 Å². The monoisotopic (exact) mass is 405 g/mol. The van der Waals surface area contributed by atoms with Gasteiger partial charge in [0.2, 0.25) is 11.8 Å². The van der Waals surface area contributed by atoms with Crippen LogP contribution in [0.4, 0.5) is 5.69 Å². The highest BCUT2D eigenvalue weighted by Crippen LogP contribution is 2.25. The third kappa shape index (κ3) is 6.13. The van der Waals surface area contributed by atoms with Crippen molar-refractivity contribution in [3.05, 3.63) is 69.7 Å². The molecule has 0 spiro atoms. The van der Waals surface area contributed by atoms with E-state index in [4.69, 9.17) is 28.9 Å². The maximum Gasteiger partial charge on any atom is 0.253 e. The molecule has 0 unspecified atom stereocenters. The van der Waals surface area contributed by atoms with Crippen molar-refractivity contribution in [1.82, 2.24) is 5.32 Å². The van der Waals surface area contributed by atoms with Crippen LogP contribution in [0, 0.1) is 0 Å². The molecule has 0 heterocycles. The number of primary amides is 1. The minimum atomic E-state index is -0.514. The summed E-state index contributed by atoms with van der Waals surface area (Å²) in [5.41, 5.74) is 6.15. The quantitative estimate of drug-likeness (QED) is 0.616. The molecule has 0 atom stereocenters. The molecule has 0 saturated carbocycles. The Morgan fingerprint density at radius 3 is 2.33 bits per heavy atom. The standard InChI is InChI=1S/C19H17Cl2N3O3/c20-14-5-3-6-15(21)12(14)8-9-18(26)24-16-7-2-1-4-13(16)19(27)23-11-10-17(22)25/h1-9H,10-11H2,(H2,22,25)(H,23,27)(H,24,26)/b9-8+. The Labute approximate surface area is 166 Å². The molecule has 0 radical (unpaired) electrons. The lowest BCUT2D eigenvalue weighted by Gasteiger charge is -2.10. The van der Waals surface area contributed by atoms with Gasteiger partial charge in [-0.25, -0.2) is 0 Å². The molecule has 2 rings (SSSR count). The Balaban J connectivity index is 2.09. The minimum absolute atomic E-state index is 0.0294. The lowest BCUT2D eigenvalue weighted by molar-refractivity contribution is -0.118. The van der Waals surface area contributed by atoms with Crippen LogP contribution >= 0.6 is 23.2 Å². The summed E-state index contributed by atoms with van der Waals surface area (Å²) in [6.45, 7) is 0.112. The van der Waals surface area contributed by atoms with Gasteiger partial charge in [-0.1, -0.05) is 41.4 Å². The molecule has 0 fully saturated rings. The van der Waals surface area contributed by atoms with Gasteiger partial charge in [-0.2, -0.15) is 0 Å².